The van der Waals surface area contributed by atoms with Crippen LogP contribution in [0.1, 0.15) is 47.2 Å². The van der Waals surface area contributed by atoms with Crippen LogP contribution in [0, 0.1) is 13.8 Å². The summed E-state index contributed by atoms with van der Waals surface area (Å²) in [5, 5.41) is 15.4. The van der Waals surface area contributed by atoms with Gasteiger partial charge in [-0.15, -0.1) is 0 Å². The number of aryl methyl sites for hydroxylation is 2. The quantitative estimate of drug-likeness (QED) is 0.301. The van der Waals surface area contributed by atoms with E-state index in [1.165, 1.54) is 5.56 Å². The van der Waals surface area contributed by atoms with Crippen LogP contribution in [0.2, 0.25) is 5.02 Å². The van der Waals surface area contributed by atoms with Gasteiger partial charge in [-0.05, 0) is 92.1 Å². The largest absolute Gasteiger partial charge is 0.506 e. The molecule has 3 heterocycles. The molecule has 0 spiro atoms. The third kappa shape index (κ3) is 4.17. The molecule has 2 aromatic carbocycles. The Balaban J connectivity index is 1.68. The first-order valence-electron chi connectivity index (χ1n) is 11.7. The molecule has 0 unspecified atom stereocenters. The molecule has 1 aliphatic heterocycles. The predicted octanol–water partition coefficient (Wildman–Crippen LogP) is 6.59. The monoisotopic (exact) mass is 502 g/mol. The molecule has 0 aliphatic carbocycles. The Morgan fingerprint density at radius 1 is 1.06 bits per heavy atom. The van der Waals surface area contributed by atoms with E-state index in [2.05, 4.69) is 59.4 Å². The van der Waals surface area contributed by atoms with E-state index in [-0.39, 0.29) is 17.8 Å². The number of hydrogen-bond donors (Lipinski definition) is 2. The van der Waals surface area contributed by atoms with Crippen molar-refractivity contribution in [2.24, 2.45) is 0 Å². The third-order valence-corrected chi connectivity index (χ3v) is 7.24. The van der Waals surface area contributed by atoms with E-state index < -0.39 is 0 Å². The fourth-order valence-corrected chi connectivity index (χ4v) is 5.49. The van der Waals surface area contributed by atoms with Crippen molar-refractivity contribution in [1.29, 1.82) is 0 Å². The summed E-state index contributed by atoms with van der Waals surface area (Å²) in [7, 11) is 0. The van der Waals surface area contributed by atoms with E-state index in [1.54, 1.807) is 18.2 Å². The number of aromatic nitrogens is 2. The van der Waals surface area contributed by atoms with Gasteiger partial charge in [0.2, 0.25) is 0 Å². The van der Waals surface area contributed by atoms with Gasteiger partial charge in [0.05, 0.1) is 23.5 Å². The first kappa shape index (κ1) is 23.4. The highest BCUT2D eigenvalue weighted by Gasteiger charge is 2.42. The molecular weight excluding hydrogens is 476 g/mol. The average molecular weight is 503 g/mol. The topological polar surface area (TPSA) is 53.3 Å². The maximum atomic E-state index is 10.6. The second-order valence-corrected chi connectivity index (χ2v) is 9.63. The van der Waals surface area contributed by atoms with Crippen molar-refractivity contribution < 1.29 is 5.11 Å². The highest BCUT2D eigenvalue weighted by Crippen LogP contribution is 2.44. The Morgan fingerprint density at radius 3 is 2.51 bits per heavy atom. The molecule has 0 saturated carbocycles. The fraction of sp³-hybridized carbons (Fsp3) is 0.214. The van der Waals surface area contributed by atoms with Crippen molar-refractivity contribution in [1.82, 2.24) is 14.9 Å². The smallest absolute Gasteiger partial charge is 0.174 e. The molecule has 178 valence electrons. The summed E-state index contributed by atoms with van der Waals surface area (Å²) < 4.78 is 2.05. The number of phenolic OH excluding ortho intramolecular Hbond substituents is 1. The van der Waals surface area contributed by atoms with Crippen molar-refractivity contribution >= 4 is 34.6 Å². The number of rotatable bonds is 5. The molecule has 0 bridgehead atoms. The van der Waals surface area contributed by atoms with Crippen molar-refractivity contribution in [3.63, 3.8) is 0 Å². The molecule has 2 atom stereocenters. The molecule has 0 radical (unpaired) electrons. The van der Waals surface area contributed by atoms with Gasteiger partial charge in [-0.3, -0.25) is 4.98 Å². The second kappa shape index (κ2) is 9.36. The zero-order valence-corrected chi connectivity index (χ0v) is 21.4. The highest BCUT2D eigenvalue weighted by atomic mass is 35.5. The summed E-state index contributed by atoms with van der Waals surface area (Å²) in [5.41, 5.74) is 6.98. The third-order valence-electron chi connectivity index (χ3n) is 6.69. The second-order valence-electron chi connectivity index (χ2n) is 8.81. The van der Waals surface area contributed by atoms with Crippen molar-refractivity contribution in [2.45, 2.75) is 39.3 Å². The summed E-state index contributed by atoms with van der Waals surface area (Å²) in [6.07, 6.45) is 2.79. The number of aromatic hydroxyl groups is 1. The molecule has 5 rings (SSSR count). The zero-order chi connectivity index (χ0) is 24.7. The lowest BCUT2D eigenvalue weighted by Gasteiger charge is -2.28. The van der Waals surface area contributed by atoms with Crippen LogP contribution in [0.4, 0.5) is 5.69 Å². The zero-order valence-electron chi connectivity index (χ0n) is 19.9. The molecule has 5 nitrogen and oxygen atoms in total. The number of halogens is 1. The summed E-state index contributed by atoms with van der Waals surface area (Å²) in [6, 6.07) is 21.5. The minimum Gasteiger partial charge on any atom is -0.506 e. The first-order chi connectivity index (χ1) is 16.9. The fourth-order valence-electron chi connectivity index (χ4n) is 4.97. The van der Waals surface area contributed by atoms with Gasteiger partial charge in [-0.25, -0.2) is 0 Å². The Bertz CT molecular complexity index is 1380. The highest BCUT2D eigenvalue weighted by molar-refractivity contribution is 7.80. The molecule has 2 N–H and O–H groups in total. The maximum Gasteiger partial charge on any atom is 0.174 e. The van der Waals surface area contributed by atoms with Crippen LogP contribution in [0.25, 0.3) is 5.69 Å². The van der Waals surface area contributed by atoms with E-state index in [0.29, 0.717) is 15.8 Å². The number of nitrogens with zero attached hydrogens (tertiary/aromatic N) is 3. The molecule has 1 aliphatic rings. The number of benzene rings is 2. The standard InChI is InChI=1S/C28H27ClN4OS/c1-4-19-8-11-21(12-9-19)33-27(26(31-28(33)35)23-7-5-6-14-30-23)22-15-17(2)32(18(22)3)24-16-20(29)10-13-25(24)34/h5-16,26-27,34H,4H2,1-3H3,(H,31,35)/t26-,27+/m1/s1. The van der Waals surface area contributed by atoms with Crippen molar-refractivity contribution in [3.8, 4) is 11.4 Å². The Hall–Kier alpha value is -3.35. The summed E-state index contributed by atoms with van der Waals surface area (Å²) in [4.78, 5) is 6.83. The van der Waals surface area contributed by atoms with Gasteiger partial charge in [0.15, 0.2) is 5.11 Å². The van der Waals surface area contributed by atoms with Crippen molar-refractivity contribution in [2.75, 3.05) is 4.90 Å². The molecular formula is C28H27ClN4OS. The number of nitrogens with one attached hydrogen (secondary N) is 1. The summed E-state index contributed by atoms with van der Waals surface area (Å²) in [5.74, 6) is 0.177. The maximum absolute atomic E-state index is 10.6. The van der Waals surface area contributed by atoms with E-state index in [4.69, 9.17) is 23.8 Å². The Kier molecular flexibility index (Phi) is 6.26. The first-order valence-corrected chi connectivity index (χ1v) is 12.4. The lowest BCUT2D eigenvalue weighted by atomic mass is 9.96. The molecule has 4 aromatic rings. The van der Waals surface area contributed by atoms with Gasteiger partial charge < -0.3 is 19.9 Å². The Morgan fingerprint density at radius 2 is 1.83 bits per heavy atom. The normalized spacial score (nSPS) is 17.6. The number of pyridine rings is 1. The van der Waals surface area contributed by atoms with E-state index in [1.807, 2.05) is 35.9 Å². The molecule has 35 heavy (non-hydrogen) atoms. The van der Waals surface area contributed by atoms with Crippen molar-refractivity contribution in [3.05, 3.63) is 106 Å². The van der Waals surface area contributed by atoms with E-state index in [0.717, 1.165) is 34.8 Å². The van der Waals surface area contributed by atoms with Crippen LogP contribution in [0.15, 0.2) is 72.9 Å². The Labute approximate surface area is 216 Å². The molecule has 0 amide bonds. The minimum absolute atomic E-state index is 0.133. The van der Waals surface area contributed by atoms with Crippen LogP contribution in [-0.4, -0.2) is 19.8 Å². The van der Waals surface area contributed by atoms with Gasteiger partial charge in [-0.2, -0.15) is 0 Å². The SMILES string of the molecule is CCc1ccc(N2C(=S)N[C@H](c3ccccn3)[C@@H]2c2cc(C)n(-c3cc(Cl)ccc3O)c2C)cc1. The number of hydrogen-bond acceptors (Lipinski definition) is 3. The lowest BCUT2D eigenvalue weighted by molar-refractivity contribution is 0.471. The van der Waals surface area contributed by atoms with E-state index >= 15 is 0 Å². The molecule has 1 saturated heterocycles. The van der Waals surface area contributed by atoms with Gasteiger partial charge in [0.1, 0.15) is 5.75 Å². The summed E-state index contributed by atoms with van der Waals surface area (Å²) >= 11 is 12.2. The number of anilines is 1. The number of thiocarbonyl (C=S) groups is 1. The van der Waals surface area contributed by atoms with Gasteiger partial charge in [0, 0.05) is 28.3 Å². The molecule has 1 fully saturated rings. The van der Waals surface area contributed by atoms with Crippen LogP contribution in [0.3, 0.4) is 0 Å². The average Bonchev–Trinajstić information content (AvgIpc) is 3.36. The van der Waals surface area contributed by atoms with Crippen LogP contribution >= 0.6 is 23.8 Å². The lowest BCUT2D eigenvalue weighted by Crippen LogP contribution is -2.29. The van der Waals surface area contributed by atoms with Gasteiger partial charge in [-0.1, -0.05) is 36.7 Å². The minimum atomic E-state index is -0.142. The molecule has 7 heteroatoms. The van der Waals surface area contributed by atoms with Gasteiger partial charge >= 0.3 is 0 Å². The number of phenols is 1. The van der Waals surface area contributed by atoms with Crippen LogP contribution < -0.4 is 10.2 Å². The summed E-state index contributed by atoms with van der Waals surface area (Å²) in [6.45, 7) is 6.25. The van der Waals surface area contributed by atoms with Crippen LogP contribution in [-0.2, 0) is 6.42 Å². The van der Waals surface area contributed by atoms with Gasteiger partial charge in [0.25, 0.3) is 0 Å². The predicted molar refractivity (Wildman–Crippen MR) is 146 cm³/mol. The van der Waals surface area contributed by atoms with E-state index in [9.17, 15) is 5.11 Å². The molecule has 2 aromatic heterocycles. The van der Waals surface area contributed by atoms with Crippen LogP contribution in [0.5, 0.6) is 5.75 Å².